The number of ether oxygens (including phenoxy) is 1. The molecule has 0 aliphatic carbocycles. The second kappa shape index (κ2) is 3.34. The van der Waals surface area contributed by atoms with Crippen LogP contribution in [0.5, 0.6) is 5.75 Å². The van der Waals surface area contributed by atoms with Gasteiger partial charge < -0.3 is 4.74 Å². The fraction of sp³-hybridized carbons (Fsp3) is 0.300. The minimum Gasteiger partial charge on any atom is -0.486 e. The first-order valence-corrected chi connectivity index (χ1v) is 4.54. The Balaban J connectivity index is 2.67. The number of ketones is 1. The Hall–Kier alpha value is -1.91. The first-order valence-electron chi connectivity index (χ1n) is 4.54. The first kappa shape index (κ1) is 9.64. The van der Waals surface area contributed by atoms with Crippen molar-refractivity contribution in [1.29, 1.82) is 0 Å². The van der Waals surface area contributed by atoms with E-state index in [1.807, 2.05) is 0 Å². The van der Waals surface area contributed by atoms with Crippen LogP contribution in [0.25, 0.3) is 0 Å². The average Bonchev–Trinajstić information content (AvgIpc) is 2.18. The van der Waals surface area contributed by atoms with E-state index in [4.69, 9.17) is 4.74 Å². The summed E-state index contributed by atoms with van der Waals surface area (Å²) in [5, 5.41) is 10.7. The molecule has 1 aromatic carbocycles. The number of nitro benzene ring substituents is 1. The third kappa shape index (κ3) is 1.56. The van der Waals surface area contributed by atoms with E-state index in [1.54, 1.807) is 13.0 Å². The van der Waals surface area contributed by atoms with E-state index >= 15 is 0 Å². The summed E-state index contributed by atoms with van der Waals surface area (Å²) in [4.78, 5) is 21.7. The zero-order valence-corrected chi connectivity index (χ0v) is 8.15. The molecule has 15 heavy (non-hydrogen) atoms. The predicted molar refractivity (Wildman–Crippen MR) is 52.3 cm³/mol. The summed E-state index contributed by atoms with van der Waals surface area (Å²) >= 11 is 0. The van der Waals surface area contributed by atoms with Gasteiger partial charge in [-0.25, -0.2) is 0 Å². The van der Waals surface area contributed by atoms with E-state index in [-0.39, 0.29) is 30.2 Å². The van der Waals surface area contributed by atoms with E-state index in [0.29, 0.717) is 11.1 Å². The summed E-state index contributed by atoms with van der Waals surface area (Å²) in [5.41, 5.74) is 0.894. The summed E-state index contributed by atoms with van der Waals surface area (Å²) in [6.45, 7) is 1.94. The molecular formula is C10H9NO4. The van der Waals surface area contributed by atoms with Crippen LogP contribution in [0.3, 0.4) is 0 Å². The molecule has 5 heteroatoms. The zero-order chi connectivity index (χ0) is 11.0. The van der Waals surface area contributed by atoms with Gasteiger partial charge in [-0.2, -0.15) is 0 Å². The number of rotatable bonds is 1. The fourth-order valence-corrected chi connectivity index (χ4v) is 1.63. The normalized spacial score (nSPS) is 14.3. The number of nitro groups is 1. The van der Waals surface area contributed by atoms with E-state index in [0.717, 1.165) is 0 Å². The molecule has 0 spiro atoms. The Kier molecular flexibility index (Phi) is 2.15. The van der Waals surface area contributed by atoms with Crippen LogP contribution >= 0.6 is 0 Å². The monoisotopic (exact) mass is 207 g/mol. The zero-order valence-electron chi connectivity index (χ0n) is 8.15. The van der Waals surface area contributed by atoms with Crippen molar-refractivity contribution in [3.8, 4) is 5.75 Å². The maximum Gasteiger partial charge on any atom is 0.311 e. The van der Waals surface area contributed by atoms with Crippen molar-refractivity contribution in [2.24, 2.45) is 0 Å². The molecule has 2 rings (SSSR count). The van der Waals surface area contributed by atoms with Gasteiger partial charge in [0, 0.05) is 12.5 Å². The number of hydrogen-bond acceptors (Lipinski definition) is 4. The molecular weight excluding hydrogens is 198 g/mol. The van der Waals surface area contributed by atoms with Crippen molar-refractivity contribution in [2.75, 3.05) is 6.61 Å². The van der Waals surface area contributed by atoms with Gasteiger partial charge in [0.05, 0.1) is 17.1 Å². The van der Waals surface area contributed by atoms with Crippen molar-refractivity contribution in [1.82, 2.24) is 0 Å². The third-order valence-electron chi connectivity index (χ3n) is 2.29. The average molecular weight is 207 g/mol. The van der Waals surface area contributed by atoms with Gasteiger partial charge in [-0.3, -0.25) is 14.9 Å². The van der Waals surface area contributed by atoms with Gasteiger partial charge in [0.2, 0.25) is 5.75 Å². The fourth-order valence-electron chi connectivity index (χ4n) is 1.63. The number of benzene rings is 1. The molecule has 0 saturated carbocycles. The molecule has 1 aromatic rings. The highest BCUT2D eigenvalue weighted by molar-refractivity contribution is 6.01. The smallest absolute Gasteiger partial charge is 0.311 e. The second-order valence-corrected chi connectivity index (χ2v) is 3.44. The highest BCUT2D eigenvalue weighted by Crippen LogP contribution is 2.35. The molecule has 0 unspecified atom stereocenters. The molecule has 1 aliphatic rings. The summed E-state index contributed by atoms with van der Waals surface area (Å²) in [5.74, 6) is 0.0184. The summed E-state index contributed by atoms with van der Waals surface area (Å²) in [6.07, 6.45) is 0.285. The molecule has 0 atom stereocenters. The van der Waals surface area contributed by atoms with Gasteiger partial charge in [-0.15, -0.1) is 0 Å². The highest BCUT2D eigenvalue weighted by Gasteiger charge is 2.27. The van der Waals surface area contributed by atoms with Crippen molar-refractivity contribution in [3.63, 3.8) is 0 Å². The topological polar surface area (TPSA) is 69.4 Å². The lowest BCUT2D eigenvalue weighted by Gasteiger charge is -2.16. The molecule has 0 amide bonds. The molecule has 1 heterocycles. The first-order chi connectivity index (χ1) is 7.09. The van der Waals surface area contributed by atoms with Crippen molar-refractivity contribution < 1.29 is 14.5 Å². The molecule has 0 N–H and O–H groups in total. The summed E-state index contributed by atoms with van der Waals surface area (Å²) < 4.78 is 5.18. The van der Waals surface area contributed by atoms with E-state index in [2.05, 4.69) is 0 Å². The Labute approximate surface area is 85.8 Å². The highest BCUT2D eigenvalue weighted by atomic mass is 16.6. The lowest BCUT2D eigenvalue weighted by atomic mass is 10.0. The molecule has 0 fully saturated rings. The number of carbonyl (C=O) groups is 1. The summed E-state index contributed by atoms with van der Waals surface area (Å²) in [7, 11) is 0. The lowest BCUT2D eigenvalue weighted by Crippen LogP contribution is -2.16. The van der Waals surface area contributed by atoms with Crippen molar-refractivity contribution in [3.05, 3.63) is 33.4 Å². The SMILES string of the molecule is Cc1cc2c(c([N+](=O)[O-])c1)OCCC2=O. The Morgan fingerprint density at radius 2 is 2.20 bits per heavy atom. The maximum atomic E-state index is 11.5. The van der Waals surface area contributed by atoms with Crippen LogP contribution < -0.4 is 4.74 Å². The van der Waals surface area contributed by atoms with Crippen LogP contribution in [0.2, 0.25) is 0 Å². The van der Waals surface area contributed by atoms with Gasteiger partial charge in [0.1, 0.15) is 0 Å². The molecule has 0 aromatic heterocycles. The number of aryl methyl sites for hydroxylation is 1. The van der Waals surface area contributed by atoms with Crippen LogP contribution in [0, 0.1) is 17.0 Å². The number of Topliss-reactive ketones (excluding diaryl/α,β-unsaturated/α-hetero) is 1. The summed E-state index contributed by atoms with van der Waals surface area (Å²) in [6, 6.07) is 3.04. The standard InChI is InChI=1S/C10H9NO4/c1-6-4-7-9(12)2-3-15-10(7)8(5-6)11(13)14/h4-5H,2-3H2,1H3. The molecule has 0 radical (unpaired) electrons. The molecule has 78 valence electrons. The van der Waals surface area contributed by atoms with Gasteiger partial charge in [-0.05, 0) is 18.6 Å². The number of nitrogens with zero attached hydrogens (tertiary/aromatic N) is 1. The van der Waals surface area contributed by atoms with Crippen molar-refractivity contribution in [2.45, 2.75) is 13.3 Å². The van der Waals surface area contributed by atoms with Gasteiger partial charge in [0.25, 0.3) is 0 Å². The van der Waals surface area contributed by atoms with Crippen LogP contribution in [0.1, 0.15) is 22.3 Å². The number of carbonyl (C=O) groups excluding carboxylic acids is 1. The van der Waals surface area contributed by atoms with Crippen LogP contribution in [-0.2, 0) is 0 Å². The minimum absolute atomic E-state index is 0.0944. The van der Waals surface area contributed by atoms with E-state index in [9.17, 15) is 14.9 Å². The van der Waals surface area contributed by atoms with E-state index < -0.39 is 4.92 Å². The lowest BCUT2D eigenvalue weighted by molar-refractivity contribution is -0.386. The van der Waals surface area contributed by atoms with Gasteiger partial charge in [-0.1, -0.05) is 0 Å². The Morgan fingerprint density at radius 1 is 1.47 bits per heavy atom. The van der Waals surface area contributed by atoms with E-state index in [1.165, 1.54) is 6.07 Å². The largest absolute Gasteiger partial charge is 0.486 e. The molecule has 0 bridgehead atoms. The molecule has 1 aliphatic heterocycles. The Bertz CT molecular complexity index is 436. The third-order valence-corrected chi connectivity index (χ3v) is 2.29. The number of hydrogen-bond donors (Lipinski definition) is 0. The van der Waals surface area contributed by atoms with Crippen molar-refractivity contribution >= 4 is 11.5 Å². The van der Waals surface area contributed by atoms with Crippen LogP contribution in [0.4, 0.5) is 5.69 Å². The second-order valence-electron chi connectivity index (χ2n) is 3.44. The van der Waals surface area contributed by atoms with Crippen LogP contribution in [-0.4, -0.2) is 17.3 Å². The van der Waals surface area contributed by atoms with Crippen LogP contribution in [0.15, 0.2) is 12.1 Å². The molecule has 5 nitrogen and oxygen atoms in total. The Morgan fingerprint density at radius 3 is 2.87 bits per heavy atom. The van der Waals surface area contributed by atoms with Gasteiger partial charge >= 0.3 is 5.69 Å². The predicted octanol–water partition coefficient (Wildman–Crippen LogP) is 1.87. The van der Waals surface area contributed by atoms with Gasteiger partial charge in [0.15, 0.2) is 5.78 Å². The molecule has 0 saturated heterocycles. The quantitative estimate of drug-likeness (QED) is 0.520. The minimum atomic E-state index is -0.523. The maximum absolute atomic E-state index is 11.5. The number of fused-ring (bicyclic) bond motifs is 1.